The van der Waals surface area contributed by atoms with Crippen molar-refractivity contribution in [3.05, 3.63) is 46.0 Å². The summed E-state index contributed by atoms with van der Waals surface area (Å²) in [6.07, 6.45) is 3.25. The van der Waals surface area contributed by atoms with Crippen molar-refractivity contribution in [3.8, 4) is 0 Å². The number of nitrogens with zero attached hydrogens (tertiary/aromatic N) is 4. The molecule has 0 spiro atoms. The minimum atomic E-state index is -0.386. The molecule has 0 aliphatic rings. The summed E-state index contributed by atoms with van der Waals surface area (Å²) in [7, 11) is 1.35. The lowest BCUT2D eigenvalue weighted by Gasteiger charge is -2.05. The summed E-state index contributed by atoms with van der Waals surface area (Å²) >= 11 is 1.41. The fourth-order valence-electron chi connectivity index (χ4n) is 3.19. The number of methoxy groups -OCH3 is 1. The monoisotopic (exact) mass is 414 g/mol. The third-order valence-electron chi connectivity index (χ3n) is 4.70. The van der Waals surface area contributed by atoms with E-state index >= 15 is 0 Å². The first kappa shape index (κ1) is 21.0. The molecule has 1 amide bonds. The quantitative estimate of drug-likeness (QED) is 0.555. The summed E-state index contributed by atoms with van der Waals surface area (Å²) in [6.45, 7) is 6.53. The van der Waals surface area contributed by atoms with Gasteiger partial charge in [-0.25, -0.2) is 0 Å². The number of rotatable bonds is 7. The van der Waals surface area contributed by atoms with Crippen molar-refractivity contribution in [1.29, 1.82) is 0 Å². The lowest BCUT2D eigenvalue weighted by atomic mass is 10.1. The summed E-state index contributed by atoms with van der Waals surface area (Å²) in [6, 6.07) is 7.91. The van der Waals surface area contributed by atoms with E-state index in [0.29, 0.717) is 17.0 Å². The van der Waals surface area contributed by atoms with Crippen molar-refractivity contribution in [2.24, 2.45) is 4.99 Å². The second-order valence-corrected chi connectivity index (χ2v) is 7.87. The molecule has 2 aromatic heterocycles. The molecule has 0 atom stereocenters. The van der Waals surface area contributed by atoms with Gasteiger partial charge in [0.25, 0.3) is 5.91 Å². The van der Waals surface area contributed by atoms with Gasteiger partial charge in [-0.15, -0.1) is 0 Å². The van der Waals surface area contributed by atoms with Gasteiger partial charge in [-0.1, -0.05) is 30.7 Å². The lowest BCUT2D eigenvalue weighted by molar-refractivity contribution is -0.141. The molecular formula is C21H26N4O3S. The Morgan fingerprint density at radius 1 is 1.24 bits per heavy atom. The van der Waals surface area contributed by atoms with Gasteiger partial charge in [0, 0.05) is 6.54 Å². The summed E-state index contributed by atoms with van der Waals surface area (Å²) < 4.78 is 9.22. The topological polar surface area (TPSA) is 78.5 Å². The SMILES string of the molecule is CCCCc1ccc2c(c1)sc(=NC(=O)c1cc(C)nn1CC)n2CC(=O)OC. The molecule has 0 radical (unpaired) electrons. The van der Waals surface area contributed by atoms with Crippen LogP contribution in [0.25, 0.3) is 10.2 Å². The number of unbranched alkanes of at least 4 members (excludes halogenated alkanes) is 1. The summed E-state index contributed by atoms with van der Waals surface area (Å²) in [4.78, 5) is 29.6. The van der Waals surface area contributed by atoms with Crippen molar-refractivity contribution < 1.29 is 14.3 Å². The number of thiazole rings is 1. The van der Waals surface area contributed by atoms with E-state index in [4.69, 9.17) is 4.74 Å². The molecule has 0 fully saturated rings. The molecule has 7 nitrogen and oxygen atoms in total. The maximum atomic E-state index is 12.8. The number of carbonyl (C=O) groups excluding carboxylic acids is 2. The largest absolute Gasteiger partial charge is 0.468 e. The minimum absolute atomic E-state index is 0.00296. The van der Waals surface area contributed by atoms with Gasteiger partial charge in [-0.2, -0.15) is 10.1 Å². The van der Waals surface area contributed by atoms with E-state index in [0.717, 1.165) is 35.2 Å². The molecule has 0 unspecified atom stereocenters. The second kappa shape index (κ2) is 9.17. The van der Waals surface area contributed by atoms with E-state index in [9.17, 15) is 9.59 Å². The Bertz CT molecular complexity index is 1110. The molecule has 0 saturated carbocycles. The Morgan fingerprint density at radius 3 is 2.72 bits per heavy atom. The van der Waals surface area contributed by atoms with Crippen molar-refractivity contribution in [2.45, 2.75) is 53.1 Å². The number of ether oxygens (including phenoxy) is 1. The van der Waals surface area contributed by atoms with Crippen LogP contribution in [-0.4, -0.2) is 33.3 Å². The normalized spacial score (nSPS) is 11.9. The smallest absolute Gasteiger partial charge is 0.325 e. The first-order valence-corrected chi connectivity index (χ1v) is 10.6. The van der Waals surface area contributed by atoms with Crippen LogP contribution in [0.3, 0.4) is 0 Å². The van der Waals surface area contributed by atoms with Crippen LogP contribution in [0.1, 0.15) is 48.4 Å². The zero-order valence-electron chi connectivity index (χ0n) is 17.3. The van der Waals surface area contributed by atoms with Crippen LogP contribution in [0.15, 0.2) is 29.3 Å². The van der Waals surface area contributed by atoms with Crippen LogP contribution < -0.4 is 4.80 Å². The maximum Gasteiger partial charge on any atom is 0.325 e. The number of aromatic nitrogens is 3. The highest BCUT2D eigenvalue weighted by atomic mass is 32.1. The fourth-order valence-corrected chi connectivity index (χ4v) is 4.28. The number of hydrogen-bond donors (Lipinski definition) is 0. The Labute approximate surface area is 173 Å². The van der Waals surface area contributed by atoms with E-state index in [1.165, 1.54) is 24.0 Å². The van der Waals surface area contributed by atoms with Gasteiger partial charge in [0.1, 0.15) is 12.2 Å². The third-order valence-corrected chi connectivity index (χ3v) is 5.74. The summed E-state index contributed by atoms with van der Waals surface area (Å²) in [5, 5.41) is 4.32. The number of fused-ring (bicyclic) bond motifs is 1. The van der Waals surface area contributed by atoms with E-state index < -0.39 is 0 Å². The molecule has 8 heteroatoms. The van der Waals surface area contributed by atoms with Gasteiger partial charge in [0.15, 0.2) is 4.80 Å². The number of hydrogen-bond acceptors (Lipinski definition) is 5. The van der Waals surface area contributed by atoms with Crippen LogP contribution in [-0.2, 0) is 29.0 Å². The van der Waals surface area contributed by atoms with E-state index in [1.807, 2.05) is 19.9 Å². The highest BCUT2D eigenvalue weighted by Crippen LogP contribution is 2.21. The first-order chi connectivity index (χ1) is 14.0. The highest BCUT2D eigenvalue weighted by molar-refractivity contribution is 7.16. The van der Waals surface area contributed by atoms with Crippen LogP contribution >= 0.6 is 11.3 Å². The molecule has 2 heterocycles. The van der Waals surface area contributed by atoms with Crippen molar-refractivity contribution in [1.82, 2.24) is 14.3 Å². The molecule has 1 aromatic carbocycles. The Kier molecular flexibility index (Phi) is 6.64. The Morgan fingerprint density at radius 2 is 2.03 bits per heavy atom. The van der Waals surface area contributed by atoms with Gasteiger partial charge in [-0.3, -0.25) is 14.3 Å². The molecule has 3 rings (SSSR count). The molecule has 154 valence electrons. The van der Waals surface area contributed by atoms with E-state index in [-0.39, 0.29) is 18.4 Å². The zero-order chi connectivity index (χ0) is 21.0. The molecule has 0 N–H and O–H groups in total. The molecule has 0 aliphatic heterocycles. The van der Waals surface area contributed by atoms with E-state index in [1.54, 1.807) is 15.3 Å². The molecule has 29 heavy (non-hydrogen) atoms. The van der Waals surface area contributed by atoms with Gasteiger partial charge < -0.3 is 9.30 Å². The van der Waals surface area contributed by atoms with Crippen molar-refractivity contribution in [2.75, 3.05) is 7.11 Å². The van der Waals surface area contributed by atoms with Crippen LogP contribution in [0.5, 0.6) is 0 Å². The Hall–Kier alpha value is -2.74. The van der Waals surface area contributed by atoms with Crippen molar-refractivity contribution >= 4 is 33.4 Å². The Balaban J connectivity index is 2.10. The number of benzene rings is 1. The van der Waals surface area contributed by atoms with Gasteiger partial charge in [0.05, 0.1) is 23.0 Å². The second-order valence-electron chi connectivity index (χ2n) is 6.86. The maximum absolute atomic E-state index is 12.8. The highest BCUT2D eigenvalue weighted by Gasteiger charge is 2.16. The fraction of sp³-hybridized carbons (Fsp3) is 0.429. The van der Waals surface area contributed by atoms with Crippen molar-refractivity contribution in [3.63, 3.8) is 0 Å². The standard InChI is InChI=1S/C21H26N4O3S/c1-5-7-8-15-9-10-16-18(12-15)29-21(24(16)13-19(26)28-4)22-20(27)17-11-14(3)23-25(17)6-2/h9-12H,5-8,13H2,1-4H3. The summed E-state index contributed by atoms with van der Waals surface area (Å²) in [5.41, 5.74) is 3.32. The number of esters is 1. The van der Waals surface area contributed by atoms with Gasteiger partial charge >= 0.3 is 5.97 Å². The van der Waals surface area contributed by atoms with Crippen LogP contribution in [0.4, 0.5) is 0 Å². The number of carbonyl (C=O) groups is 2. The average Bonchev–Trinajstić information content (AvgIpc) is 3.26. The molecule has 0 bridgehead atoms. The predicted octanol–water partition coefficient (Wildman–Crippen LogP) is 3.48. The molecule has 0 saturated heterocycles. The molecule has 0 aliphatic carbocycles. The van der Waals surface area contributed by atoms with E-state index in [2.05, 4.69) is 29.1 Å². The average molecular weight is 415 g/mol. The third kappa shape index (κ3) is 4.64. The van der Waals surface area contributed by atoms with Gasteiger partial charge in [-0.05, 0) is 50.5 Å². The minimum Gasteiger partial charge on any atom is -0.468 e. The number of amides is 1. The molecule has 3 aromatic rings. The van der Waals surface area contributed by atoms with Crippen LogP contribution in [0.2, 0.25) is 0 Å². The zero-order valence-corrected chi connectivity index (χ0v) is 18.1. The summed E-state index contributed by atoms with van der Waals surface area (Å²) in [5.74, 6) is -0.757. The van der Waals surface area contributed by atoms with Crippen LogP contribution in [0, 0.1) is 6.92 Å². The predicted molar refractivity (Wildman–Crippen MR) is 113 cm³/mol. The first-order valence-electron chi connectivity index (χ1n) is 9.79. The van der Waals surface area contributed by atoms with Gasteiger partial charge in [0.2, 0.25) is 0 Å². The lowest BCUT2D eigenvalue weighted by Crippen LogP contribution is -2.23. The number of aryl methyl sites for hydroxylation is 3. The molecular weight excluding hydrogens is 388 g/mol.